The second kappa shape index (κ2) is 8.38. The zero-order valence-corrected chi connectivity index (χ0v) is 21.1. The van der Waals surface area contributed by atoms with Crippen molar-refractivity contribution in [2.24, 2.45) is 5.41 Å². The van der Waals surface area contributed by atoms with Crippen molar-refractivity contribution in [2.45, 2.75) is 79.4 Å². The predicted octanol–water partition coefficient (Wildman–Crippen LogP) is 7.68. The van der Waals surface area contributed by atoms with Gasteiger partial charge in [-0.2, -0.15) is 4.37 Å². The highest BCUT2D eigenvalue weighted by atomic mass is 35.5. The van der Waals surface area contributed by atoms with Crippen molar-refractivity contribution in [3.63, 3.8) is 0 Å². The summed E-state index contributed by atoms with van der Waals surface area (Å²) in [4.78, 5) is 14.3. The lowest BCUT2D eigenvalue weighted by Crippen LogP contribution is -2.28. The molecule has 0 fully saturated rings. The summed E-state index contributed by atoms with van der Waals surface area (Å²) in [5, 5.41) is 10.1. The summed E-state index contributed by atoms with van der Waals surface area (Å²) in [6, 6.07) is 0. The molecule has 0 amide bonds. The number of ether oxygens (including phenoxy) is 1. The molecular weight excluding hydrogens is 438 g/mol. The summed E-state index contributed by atoms with van der Waals surface area (Å²) in [6.07, 6.45) is 4.17. The van der Waals surface area contributed by atoms with Crippen molar-refractivity contribution in [3.05, 3.63) is 32.0 Å². The first-order valence-corrected chi connectivity index (χ1v) is 12.1. The van der Waals surface area contributed by atoms with Gasteiger partial charge in [-0.05, 0) is 76.4 Å². The van der Waals surface area contributed by atoms with E-state index in [1.807, 2.05) is 34.6 Å². The molecule has 3 rings (SSSR count). The van der Waals surface area contributed by atoms with Gasteiger partial charge in [0, 0.05) is 21.6 Å². The minimum Gasteiger partial charge on any atom is -0.479 e. The summed E-state index contributed by atoms with van der Waals surface area (Å²) >= 11 is 9.19. The molecule has 0 spiro atoms. The van der Waals surface area contributed by atoms with E-state index >= 15 is 0 Å². The summed E-state index contributed by atoms with van der Waals surface area (Å²) in [5.74, 6) is -0.969. The van der Waals surface area contributed by atoms with Gasteiger partial charge in [0.2, 0.25) is 0 Å². The van der Waals surface area contributed by atoms with E-state index in [0.29, 0.717) is 4.34 Å². The smallest absolute Gasteiger partial charge is 0.337 e. The van der Waals surface area contributed by atoms with E-state index in [-0.39, 0.29) is 5.41 Å². The highest BCUT2D eigenvalue weighted by Gasteiger charge is 2.36. The van der Waals surface area contributed by atoms with Gasteiger partial charge in [-0.15, -0.1) is 11.3 Å². The lowest BCUT2D eigenvalue weighted by Gasteiger charge is -2.30. The highest BCUT2D eigenvalue weighted by Crippen LogP contribution is 2.49. The fraction of sp³-hybridized carbons (Fsp3) is 0.565. The van der Waals surface area contributed by atoms with E-state index in [1.165, 1.54) is 17.1 Å². The Morgan fingerprint density at radius 2 is 2.00 bits per heavy atom. The largest absolute Gasteiger partial charge is 0.479 e. The number of carbonyl (C=O) groups is 1. The predicted molar refractivity (Wildman–Crippen MR) is 127 cm³/mol. The van der Waals surface area contributed by atoms with E-state index in [9.17, 15) is 9.90 Å². The average Bonchev–Trinajstić information content (AvgIpc) is 3.12. The van der Waals surface area contributed by atoms with Gasteiger partial charge >= 0.3 is 5.97 Å². The molecule has 0 saturated carbocycles. The zero-order chi connectivity index (χ0) is 22.4. The standard InChI is InChI=1S/C23H30ClNO3S2/c1-12-17(25-30-20(12)24)19-16(14-8-10-23(6,7)11-9-14)15(13(2)29-19)18(21(26)27)28-22(3,4)5/h8,18H,9-11H2,1-7H3,(H,26,27). The minimum atomic E-state index is -1.03. The number of halogens is 1. The van der Waals surface area contributed by atoms with Crippen molar-refractivity contribution >= 4 is 46.0 Å². The Labute approximate surface area is 192 Å². The van der Waals surface area contributed by atoms with E-state index in [4.69, 9.17) is 16.3 Å². The molecule has 1 N–H and O–H groups in total. The van der Waals surface area contributed by atoms with E-state index in [2.05, 4.69) is 24.3 Å². The minimum absolute atomic E-state index is 0.253. The van der Waals surface area contributed by atoms with Crippen molar-refractivity contribution in [2.75, 3.05) is 0 Å². The van der Waals surface area contributed by atoms with E-state index in [0.717, 1.165) is 51.4 Å². The molecule has 0 aromatic carbocycles. The van der Waals surface area contributed by atoms with Crippen LogP contribution in [-0.2, 0) is 9.53 Å². The monoisotopic (exact) mass is 467 g/mol. The molecule has 1 atom stereocenters. The third kappa shape index (κ3) is 4.82. The molecule has 7 heteroatoms. The van der Waals surface area contributed by atoms with Gasteiger partial charge in [0.05, 0.1) is 16.2 Å². The van der Waals surface area contributed by atoms with Crippen molar-refractivity contribution in [1.29, 1.82) is 0 Å². The fourth-order valence-electron chi connectivity index (χ4n) is 3.78. The maximum absolute atomic E-state index is 12.3. The molecule has 0 radical (unpaired) electrons. The fourth-order valence-corrected chi connectivity index (χ4v) is 5.92. The van der Waals surface area contributed by atoms with Gasteiger partial charge in [0.25, 0.3) is 0 Å². The van der Waals surface area contributed by atoms with Gasteiger partial charge in [-0.3, -0.25) is 0 Å². The number of carboxylic acids is 1. The summed E-state index contributed by atoms with van der Waals surface area (Å²) < 4.78 is 11.3. The van der Waals surface area contributed by atoms with Crippen molar-refractivity contribution in [3.8, 4) is 10.6 Å². The number of hydrogen-bond acceptors (Lipinski definition) is 5. The first kappa shape index (κ1) is 23.5. The first-order chi connectivity index (χ1) is 13.8. The molecule has 2 aromatic heterocycles. The van der Waals surface area contributed by atoms with Crippen LogP contribution in [0.1, 0.15) is 81.6 Å². The van der Waals surface area contributed by atoms with Crippen molar-refractivity contribution < 1.29 is 14.6 Å². The SMILES string of the molecule is Cc1sc(-c2nsc(Cl)c2C)c(C2=CCC(C)(C)CC2)c1C(OC(C)(C)C)C(=O)O. The Hall–Kier alpha value is -1.21. The molecule has 2 heterocycles. The third-order valence-corrected chi connectivity index (χ3v) is 7.82. The van der Waals surface area contributed by atoms with E-state index < -0.39 is 17.7 Å². The van der Waals surface area contributed by atoms with Crippen LogP contribution in [0.25, 0.3) is 16.1 Å². The molecule has 4 nitrogen and oxygen atoms in total. The summed E-state index contributed by atoms with van der Waals surface area (Å²) in [5.41, 5.74) is 4.39. The molecule has 164 valence electrons. The molecular formula is C23H30ClNO3S2. The van der Waals surface area contributed by atoms with Crippen LogP contribution in [0.15, 0.2) is 6.08 Å². The van der Waals surface area contributed by atoms with Crippen molar-refractivity contribution in [1.82, 2.24) is 4.37 Å². The van der Waals surface area contributed by atoms with Crippen LogP contribution in [0.2, 0.25) is 4.34 Å². The molecule has 2 aromatic rings. The highest BCUT2D eigenvalue weighted by molar-refractivity contribution is 7.16. The average molecular weight is 468 g/mol. The molecule has 0 saturated heterocycles. The van der Waals surface area contributed by atoms with Gasteiger partial charge in [-0.1, -0.05) is 31.5 Å². The van der Waals surface area contributed by atoms with Crippen LogP contribution in [0, 0.1) is 19.3 Å². The van der Waals surface area contributed by atoms with Crippen LogP contribution >= 0.6 is 34.5 Å². The first-order valence-electron chi connectivity index (χ1n) is 10.2. The van der Waals surface area contributed by atoms with Crippen LogP contribution in [0.4, 0.5) is 0 Å². The maximum Gasteiger partial charge on any atom is 0.337 e. The normalized spacial score (nSPS) is 17.7. The zero-order valence-electron chi connectivity index (χ0n) is 18.7. The Bertz CT molecular complexity index is 995. The van der Waals surface area contributed by atoms with Crippen LogP contribution < -0.4 is 0 Å². The number of thiophene rings is 1. The van der Waals surface area contributed by atoms with Gasteiger partial charge in [-0.25, -0.2) is 4.79 Å². The molecule has 1 aliphatic carbocycles. The number of carboxylic acid groups (broad SMARTS) is 1. The maximum atomic E-state index is 12.3. The number of nitrogens with zero attached hydrogens (tertiary/aromatic N) is 1. The molecule has 1 aliphatic rings. The summed E-state index contributed by atoms with van der Waals surface area (Å²) in [6.45, 7) is 14.2. The molecule has 30 heavy (non-hydrogen) atoms. The number of aromatic nitrogens is 1. The van der Waals surface area contributed by atoms with Gasteiger partial charge in [0.1, 0.15) is 4.34 Å². The Morgan fingerprint density at radius 1 is 1.33 bits per heavy atom. The lowest BCUT2D eigenvalue weighted by atomic mass is 9.76. The lowest BCUT2D eigenvalue weighted by molar-refractivity contribution is -0.160. The van der Waals surface area contributed by atoms with Crippen LogP contribution in [0.3, 0.4) is 0 Å². The Balaban J connectivity index is 2.26. The van der Waals surface area contributed by atoms with Gasteiger partial charge < -0.3 is 9.84 Å². The molecule has 0 bridgehead atoms. The Morgan fingerprint density at radius 3 is 2.47 bits per heavy atom. The molecule has 0 aliphatic heterocycles. The second-order valence-corrected chi connectivity index (χ2v) is 12.4. The number of rotatable bonds is 5. The second-order valence-electron chi connectivity index (χ2n) is 9.75. The summed E-state index contributed by atoms with van der Waals surface area (Å²) in [7, 11) is 0. The van der Waals surface area contributed by atoms with Crippen LogP contribution in [0.5, 0.6) is 0 Å². The van der Waals surface area contributed by atoms with Gasteiger partial charge in [0.15, 0.2) is 6.10 Å². The quantitative estimate of drug-likeness (QED) is 0.489. The number of allylic oxidation sites excluding steroid dienone is 2. The third-order valence-electron chi connectivity index (χ3n) is 5.46. The Kier molecular flexibility index (Phi) is 6.55. The van der Waals surface area contributed by atoms with Crippen LogP contribution in [-0.4, -0.2) is 21.1 Å². The molecule has 1 unspecified atom stereocenters. The number of aryl methyl sites for hydroxylation is 1. The number of aliphatic carboxylic acids is 1. The topological polar surface area (TPSA) is 59.4 Å². The number of hydrogen-bond donors (Lipinski definition) is 1. The van der Waals surface area contributed by atoms with E-state index in [1.54, 1.807) is 11.3 Å².